The molecule has 2 nitrogen and oxygen atoms in total. The standard InChI is InChI=1S/C10H16O2/c1-4-10(11)12-9-6-5-7(2)8(9)3/h4,7-9H,1,5-6H2,2-3H3. The highest BCUT2D eigenvalue weighted by molar-refractivity contribution is 5.81. The Morgan fingerprint density at radius 2 is 2.17 bits per heavy atom. The van der Waals surface area contributed by atoms with Crippen LogP contribution >= 0.6 is 0 Å². The van der Waals surface area contributed by atoms with E-state index in [1.54, 1.807) is 0 Å². The van der Waals surface area contributed by atoms with Crippen molar-refractivity contribution < 1.29 is 9.53 Å². The largest absolute Gasteiger partial charge is 0.459 e. The van der Waals surface area contributed by atoms with E-state index in [9.17, 15) is 4.79 Å². The lowest BCUT2D eigenvalue weighted by Crippen LogP contribution is -2.21. The van der Waals surface area contributed by atoms with Gasteiger partial charge in [0.2, 0.25) is 0 Å². The lowest BCUT2D eigenvalue weighted by atomic mass is 9.99. The van der Waals surface area contributed by atoms with Crippen LogP contribution < -0.4 is 0 Å². The summed E-state index contributed by atoms with van der Waals surface area (Å²) >= 11 is 0. The molecule has 2 heteroatoms. The third-order valence-corrected chi connectivity index (χ3v) is 2.82. The van der Waals surface area contributed by atoms with Crippen molar-refractivity contribution in [1.82, 2.24) is 0 Å². The highest BCUT2D eigenvalue weighted by atomic mass is 16.5. The second-order valence-corrected chi connectivity index (χ2v) is 3.59. The Bertz CT molecular complexity index is 186. The van der Waals surface area contributed by atoms with Crippen LogP contribution in [0.5, 0.6) is 0 Å². The molecule has 0 aromatic carbocycles. The molecule has 1 rings (SSSR count). The molecule has 0 bridgehead atoms. The van der Waals surface area contributed by atoms with Crippen LogP contribution in [0.2, 0.25) is 0 Å². The predicted octanol–water partition coefficient (Wildman–Crippen LogP) is 2.15. The monoisotopic (exact) mass is 168 g/mol. The first-order valence-electron chi connectivity index (χ1n) is 4.48. The second-order valence-electron chi connectivity index (χ2n) is 3.59. The molecule has 3 unspecified atom stereocenters. The minimum atomic E-state index is -0.291. The molecule has 0 aromatic rings. The van der Waals surface area contributed by atoms with Crippen molar-refractivity contribution in [3.63, 3.8) is 0 Å². The number of esters is 1. The number of carbonyl (C=O) groups excluding carboxylic acids is 1. The van der Waals surface area contributed by atoms with Crippen molar-refractivity contribution in [3.8, 4) is 0 Å². The first-order chi connectivity index (χ1) is 5.65. The first kappa shape index (κ1) is 9.30. The average molecular weight is 168 g/mol. The number of hydrogen-bond acceptors (Lipinski definition) is 2. The Balaban J connectivity index is 2.43. The van der Waals surface area contributed by atoms with Crippen LogP contribution in [0.25, 0.3) is 0 Å². The van der Waals surface area contributed by atoms with Gasteiger partial charge in [0.25, 0.3) is 0 Å². The normalized spacial score (nSPS) is 34.7. The number of hydrogen-bond donors (Lipinski definition) is 0. The fraction of sp³-hybridized carbons (Fsp3) is 0.700. The summed E-state index contributed by atoms with van der Waals surface area (Å²) in [4.78, 5) is 10.9. The topological polar surface area (TPSA) is 26.3 Å². The van der Waals surface area contributed by atoms with E-state index in [1.807, 2.05) is 0 Å². The quantitative estimate of drug-likeness (QED) is 0.466. The second kappa shape index (κ2) is 3.74. The van der Waals surface area contributed by atoms with Crippen molar-refractivity contribution >= 4 is 5.97 Å². The molecule has 0 aliphatic heterocycles. The minimum Gasteiger partial charge on any atom is -0.459 e. The molecule has 3 atom stereocenters. The van der Waals surface area contributed by atoms with Crippen molar-refractivity contribution in [1.29, 1.82) is 0 Å². The van der Waals surface area contributed by atoms with Crippen LogP contribution in [0.15, 0.2) is 12.7 Å². The van der Waals surface area contributed by atoms with Crippen LogP contribution in [0.4, 0.5) is 0 Å². The van der Waals surface area contributed by atoms with Gasteiger partial charge in [-0.3, -0.25) is 0 Å². The number of ether oxygens (including phenoxy) is 1. The smallest absolute Gasteiger partial charge is 0.330 e. The molecule has 0 radical (unpaired) electrons. The zero-order valence-electron chi connectivity index (χ0n) is 7.75. The molecule has 0 amide bonds. The van der Waals surface area contributed by atoms with E-state index in [1.165, 1.54) is 6.08 Å². The van der Waals surface area contributed by atoms with Crippen LogP contribution in [0.1, 0.15) is 26.7 Å². The van der Waals surface area contributed by atoms with Gasteiger partial charge in [-0.2, -0.15) is 0 Å². The van der Waals surface area contributed by atoms with Crippen molar-refractivity contribution in [2.75, 3.05) is 0 Å². The van der Waals surface area contributed by atoms with E-state index < -0.39 is 0 Å². The van der Waals surface area contributed by atoms with Gasteiger partial charge in [0.1, 0.15) is 6.10 Å². The molecule has 0 N–H and O–H groups in total. The van der Waals surface area contributed by atoms with E-state index in [0.29, 0.717) is 11.8 Å². The molecule has 0 heterocycles. The molecular formula is C10H16O2. The summed E-state index contributed by atoms with van der Waals surface area (Å²) in [7, 11) is 0. The Morgan fingerprint density at radius 1 is 1.50 bits per heavy atom. The van der Waals surface area contributed by atoms with Crippen LogP contribution in [0.3, 0.4) is 0 Å². The predicted molar refractivity (Wildman–Crippen MR) is 47.6 cm³/mol. The summed E-state index contributed by atoms with van der Waals surface area (Å²) in [5.74, 6) is 0.877. The van der Waals surface area contributed by atoms with E-state index in [-0.39, 0.29) is 12.1 Å². The molecule has 0 aromatic heterocycles. The van der Waals surface area contributed by atoms with Gasteiger partial charge in [0.15, 0.2) is 0 Å². The molecule has 12 heavy (non-hydrogen) atoms. The molecule has 68 valence electrons. The summed E-state index contributed by atoms with van der Waals surface area (Å²) < 4.78 is 5.19. The van der Waals surface area contributed by atoms with E-state index in [2.05, 4.69) is 20.4 Å². The third kappa shape index (κ3) is 1.87. The number of carbonyl (C=O) groups is 1. The lowest BCUT2D eigenvalue weighted by molar-refractivity contribution is -0.144. The van der Waals surface area contributed by atoms with Gasteiger partial charge in [-0.25, -0.2) is 4.79 Å². The van der Waals surface area contributed by atoms with Gasteiger partial charge in [0, 0.05) is 6.08 Å². The molecule has 0 spiro atoms. The highest BCUT2D eigenvalue weighted by Crippen LogP contribution is 2.33. The van der Waals surface area contributed by atoms with Crippen molar-refractivity contribution in [2.24, 2.45) is 11.8 Å². The summed E-state index contributed by atoms with van der Waals surface area (Å²) in [5, 5.41) is 0. The number of rotatable bonds is 2. The van der Waals surface area contributed by atoms with Gasteiger partial charge in [-0.15, -0.1) is 0 Å². The van der Waals surface area contributed by atoms with Gasteiger partial charge in [-0.05, 0) is 24.7 Å². The van der Waals surface area contributed by atoms with Gasteiger partial charge >= 0.3 is 5.97 Å². The first-order valence-corrected chi connectivity index (χ1v) is 4.48. The molecule has 1 fully saturated rings. The maximum Gasteiger partial charge on any atom is 0.330 e. The molecule has 1 saturated carbocycles. The van der Waals surface area contributed by atoms with E-state index >= 15 is 0 Å². The van der Waals surface area contributed by atoms with Gasteiger partial charge < -0.3 is 4.74 Å². The maximum absolute atomic E-state index is 10.9. The molecule has 1 aliphatic carbocycles. The molecule has 1 aliphatic rings. The fourth-order valence-corrected chi connectivity index (χ4v) is 1.68. The summed E-state index contributed by atoms with van der Waals surface area (Å²) in [5.41, 5.74) is 0. The average Bonchev–Trinajstić information content (AvgIpc) is 2.36. The minimum absolute atomic E-state index is 0.116. The Morgan fingerprint density at radius 3 is 2.58 bits per heavy atom. The third-order valence-electron chi connectivity index (χ3n) is 2.82. The van der Waals surface area contributed by atoms with Crippen LogP contribution in [-0.2, 0) is 9.53 Å². The zero-order valence-corrected chi connectivity index (χ0v) is 7.75. The fourth-order valence-electron chi connectivity index (χ4n) is 1.68. The lowest BCUT2D eigenvalue weighted by Gasteiger charge is -2.17. The summed E-state index contributed by atoms with van der Waals surface area (Å²) in [6.45, 7) is 7.71. The maximum atomic E-state index is 10.9. The Hall–Kier alpha value is -0.790. The van der Waals surface area contributed by atoms with E-state index in [0.717, 1.165) is 12.8 Å². The van der Waals surface area contributed by atoms with Crippen LogP contribution in [0, 0.1) is 11.8 Å². The van der Waals surface area contributed by atoms with Gasteiger partial charge in [0.05, 0.1) is 0 Å². The van der Waals surface area contributed by atoms with Crippen molar-refractivity contribution in [3.05, 3.63) is 12.7 Å². The SMILES string of the molecule is C=CC(=O)OC1CCC(C)C1C. The van der Waals surface area contributed by atoms with Gasteiger partial charge in [-0.1, -0.05) is 20.4 Å². The highest BCUT2D eigenvalue weighted by Gasteiger charge is 2.31. The summed E-state index contributed by atoms with van der Waals surface area (Å²) in [6, 6.07) is 0. The van der Waals surface area contributed by atoms with Crippen molar-refractivity contribution in [2.45, 2.75) is 32.8 Å². The van der Waals surface area contributed by atoms with Crippen LogP contribution in [-0.4, -0.2) is 12.1 Å². The zero-order chi connectivity index (χ0) is 9.14. The summed E-state index contributed by atoms with van der Waals surface area (Å²) in [6.07, 6.45) is 3.51. The Kier molecular flexibility index (Phi) is 2.90. The van der Waals surface area contributed by atoms with E-state index in [4.69, 9.17) is 4.74 Å². The molecular weight excluding hydrogens is 152 g/mol. The Labute approximate surface area is 73.6 Å². The molecule has 0 saturated heterocycles.